The molecule has 2 aromatic rings. The third kappa shape index (κ3) is 3.23. The molecule has 1 saturated heterocycles. The highest BCUT2D eigenvalue weighted by molar-refractivity contribution is 5.69. The first-order chi connectivity index (χ1) is 10.6. The second-order valence-electron chi connectivity index (χ2n) is 6.35. The summed E-state index contributed by atoms with van der Waals surface area (Å²) >= 11 is 0. The Morgan fingerprint density at radius 1 is 1.27 bits per heavy atom. The Morgan fingerprint density at radius 2 is 2.05 bits per heavy atom. The molecule has 1 N–H and O–H groups in total. The molecule has 0 atom stereocenters. The van der Waals surface area contributed by atoms with Crippen LogP contribution < -0.4 is 0 Å². The van der Waals surface area contributed by atoms with Gasteiger partial charge in [-0.1, -0.05) is 32.0 Å². The van der Waals surface area contributed by atoms with E-state index in [1.54, 1.807) is 0 Å². The minimum atomic E-state index is 0.419. The fourth-order valence-corrected chi connectivity index (χ4v) is 3.07. The maximum atomic E-state index is 5.42. The standard InChI is InChI=1S/C18H25N3O/c1-13(2)18-17(14(3)19-20-18)16-6-4-5-15(11-16)12-21-7-9-22-10-8-21/h4-6,11,13H,7-10,12H2,1-3H3,(H,19,20). The van der Waals surface area contributed by atoms with Crippen LogP contribution in [0.15, 0.2) is 24.3 Å². The topological polar surface area (TPSA) is 41.2 Å². The minimum absolute atomic E-state index is 0.419. The van der Waals surface area contributed by atoms with E-state index in [4.69, 9.17) is 4.74 Å². The molecule has 3 rings (SSSR count). The third-order valence-corrected chi connectivity index (χ3v) is 4.25. The minimum Gasteiger partial charge on any atom is -0.379 e. The summed E-state index contributed by atoms with van der Waals surface area (Å²) in [7, 11) is 0. The summed E-state index contributed by atoms with van der Waals surface area (Å²) in [5.74, 6) is 0.419. The van der Waals surface area contributed by atoms with E-state index in [9.17, 15) is 0 Å². The van der Waals surface area contributed by atoms with E-state index in [1.165, 1.54) is 16.7 Å². The number of benzene rings is 1. The molecule has 0 radical (unpaired) electrons. The molecule has 22 heavy (non-hydrogen) atoms. The van der Waals surface area contributed by atoms with Crippen molar-refractivity contribution < 1.29 is 4.74 Å². The Bertz CT molecular complexity index is 627. The second-order valence-corrected chi connectivity index (χ2v) is 6.35. The SMILES string of the molecule is Cc1[nH]nc(C(C)C)c1-c1cccc(CN2CCOCC2)c1. The van der Waals surface area contributed by atoms with E-state index in [0.717, 1.165) is 44.2 Å². The normalized spacial score (nSPS) is 16.4. The lowest BCUT2D eigenvalue weighted by Gasteiger charge is -2.26. The van der Waals surface area contributed by atoms with Crippen LogP contribution in [0.5, 0.6) is 0 Å². The van der Waals surface area contributed by atoms with Gasteiger partial charge in [-0.15, -0.1) is 0 Å². The lowest BCUT2D eigenvalue weighted by Crippen LogP contribution is -2.35. The summed E-state index contributed by atoms with van der Waals surface area (Å²) in [6, 6.07) is 8.86. The van der Waals surface area contributed by atoms with Crippen LogP contribution in [0.25, 0.3) is 11.1 Å². The van der Waals surface area contributed by atoms with Crippen LogP contribution >= 0.6 is 0 Å². The molecule has 0 saturated carbocycles. The Balaban J connectivity index is 1.86. The number of aromatic nitrogens is 2. The Morgan fingerprint density at radius 3 is 2.77 bits per heavy atom. The molecule has 118 valence electrons. The zero-order valence-corrected chi connectivity index (χ0v) is 13.7. The molecular formula is C18H25N3O. The van der Waals surface area contributed by atoms with Crippen LogP contribution in [0, 0.1) is 6.92 Å². The Labute approximate surface area is 132 Å². The molecule has 0 amide bonds. The van der Waals surface area contributed by atoms with Crippen LogP contribution in [0.2, 0.25) is 0 Å². The fraction of sp³-hybridized carbons (Fsp3) is 0.500. The summed E-state index contributed by atoms with van der Waals surface area (Å²) < 4.78 is 5.42. The first kappa shape index (κ1) is 15.3. The van der Waals surface area contributed by atoms with Gasteiger partial charge >= 0.3 is 0 Å². The maximum absolute atomic E-state index is 5.42. The predicted molar refractivity (Wildman–Crippen MR) is 88.9 cm³/mol. The van der Waals surface area contributed by atoms with Gasteiger partial charge in [0.25, 0.3) is 0 Å². The highest BCUT2D eigenvalue weighted by Gasteiger charge is 2.16. The van der Waals surface area contributed by atoms with Crippen LogP contribution in [-0.2, 0) is 11.3 Å². The van der Waals surface area contributed by atoms with Crippen molar-refractivity contribution in [3.8, 4) is 11.1 Å². The summed E-state index contributed by atoms with van der Waals surface area (Å²) in [6.07, 6.45) is 0. The van der Waals surface area contributed by atoms with Crippen LogP contribution in [0.3, 0.4) is 0 Å². The van der Waals surface area contributed by atoms with E-state index < -0.39 is 0 Å². The van der Waals surface area contributed by atoms with Gasteiger partial charge in [0.15, 0.2) is 0 Å². The number of morpholine rings is 1. The van der Waals surface area contributed by atoms with E-state index in [0.29, 0.717) is 5.92 Å². The van der Waals surface area contributed by atoms with Gasteiger partial charge in [0.2, 0.25) is 0 Å². The molecule has 0 spiro atoms. The molecule has 2 heterocycles. The van der Waals surface area contributed by atoms with Crippen LogP contribution in [0.1, 0.15) is 36.7 Å². The van der Waals surface area contributed by atoms with Gasteiger partial charge in [-0.2, -0.15) is 5.10 Å². The summed E-state index contributed by atoms with van der Waals surface area (Å²) in [6.45, 7) is 11.2. The lowest BCUT2D eigenvalue weighted by atomic mass is 9.96. The summed E-state index contributed by atoms with van der Waals surface area (Å²) in [5.41, 5.74) is 6.18. The van der Waals surface area contributed by atoms with Crippen molar-refractivity contribution >= 4 is 0 Å². The van der Waals surface area contributed by atoms with Gasteiger partial charge < -0.3 is 4.74 Å². The Kier molecular flexibility index (Phi) is 4.60. The zero-order chi connectivity index (χ0) is 15.5. The van der Waals surface area contributed by atoms with E-state index in [-0.39, 0.29) is 0 Å². The zero-order valence-electron chi connectivity index (χ0n) is 13.7. The van der Waals surface area contributed by atoms with Crippen molar-refractivity contribution in [2.24, 2.45) is 0 Å². The monoisotopic (exact) mass is 299 g/mol. The second kappa shape index (κ2) is 6.63. The number of nitrogens with one attached hydrogen (secondary N) is 1. The molecule has 4 nitrogen and oxygen atoms in total. The number of aryl methyl sites for hydroxylation is 1. The van der Waals surface area contributed by atoms with Gasteiger partial charge in [-0.05, 0) is 30.0 Å². The quantitative estimate of drug-likeness (QED) is 0.941. The largest absolute Gasteiger partial charge is 0.379 e. The summed E-state index contributed by atoms with van der Waals surface area (Å²) in [4.78, 5) is 2.45. The van der Waals surface area contributed by atoms with Crippen molar-refractivity contribution in [1.29, 1.82) is 0 Å². The molecular weight excluding hydrogens is 274 g/mol. The molecule has 0 unspecified atom stereocenters. The molecule has 1 aromatic carbocycles. The van der Waals surface area contributed by atoms with E-state index >= 15 is 0 Å². The van der Waals surface area contributed by atoms with Gasteiger partial charge in [-0.3, -0.25) is 10.00 Å². The molecule has 0 bridgehead atoms. The number of ether oxygens (including phenoxy) is 1. The number of H-pyrrole nitrogens is 1. The van der Waals surface area contributed by atoms with Crippen molar-refractivity contribution in [3.63, 3.8) is 0 Å². The predicted octanol–water partition coefficient (Wildman–Crippen LogP) is 3.34. The van der Waals surface area contributed by atoms with Crippen molar-refractivity contribution in [2.45, 2.75) is 33.2 Å². The van der Waals surface area contributed by atoms with E-state index in [2.05, 4.69) is 60.1 Å². The molecule has 0 aliphatic carbocycles. The molecule has 1 fully saturated rings. The van der Waals surface area contributed by atoms with Gasteiger partial charge in [0.1, 0.15) is 0 Å². The van der Waals surface area contributed by atoms with Gasteiger partial charge in [0, 0.05) is 30.9 Å². The number of hydrogen-bond acceptors (Lipinski definition) is 3. The van der Waals surface area contributed by atoms with E-state index in [1.807, 2.05) is 0 Å². The lowest BCUT2D eigenvalue weighted by molar-refractivity contribution is 0.0342. The fourth-order valence-electron chi connectivity index (χ4n) is 3.07. The smallest absolute Gasteiger partial charge is 0.0728 e. The number of nitrogens with zero attached hydrogens (tertiary/aromatic N) is 2. The molecule has 4 heteroatoms. The maximum Gasteiger partial charge on any atom is 0.0728 e. The number of hydrogen-bond donors (Lipinski definition) is 1. The van der Waals surface area contributed by atoms with Crippen molar-refractivity contribution in [2.75, 3.05) is 26.3 Å². The first-order valence-corrected chi connectivity index (χ1v) is 8.09. The molecule has 1 aromatic heterocycles. The van der Waals surface area contributed by atoms with Gasteiger partial charge in [0.05, 0.1) is 18.9 Å². The number of rotatable bonds is 4. The average Bonchev–Trinajstić information content (AvgIpc) is 2.90. The Hall–Kier alpha value is -1.65. The van der Waals surface area contributed by atoms with Crippen LogP contribution in [-0.4, -0.2) is 41.4 Å². The van der Waals surface area contributed by atoms with Crippen LogP contribution in [0.4, 0.5) is 0 Å². The highest BCUT2D eigenvalue weighted by Crippen LogP contribution is 2.31. The molecule has 1 aliphatic rings. The van der Waals surface area contributed by atoms with Crippen molar-refractivity contribution in [1.82, 2.24) is 15.1 Å². The number of aromatic amines is 1. The molecule has 1 aliphatic heterocycles. The third-order valence-electron chi connectivity index (χ3n) is 4.25. The first-order valence-electron chi connectivity index (χ1n) is 8.09. The highest BCUT2D eigenvalue weighted by atomic mass is 16.5. The average molecular weight is 299 g/mol. The van der Waals surface area contributed by atoms with Crippen molar-refractivity contribution in [3.05, 3.63) is 41.2 Å². The van der Waals surface area contributed by atoms with Gasteiger partial charge in [-0.25, -0.2) is 0 Å². The summed E-state index contributed by atoms with van der Waals surface area (Å²) in [5, 5.41) is 7.63.